The summed E-state index contributed by atoms with van der Waals surface area (Å²) in [7, 11) is 0. The first-order valence-corrected chi connectivity index (χ1v) is 8.03. The summed E-state index contributed by atoms with van der Waals surface area (Å²) in [6, 6.07) is 4.77. The molecule has 126 valence electrons. The summed E-state index contributed by atoms with van der Waals surface area (Å²) in [5, 5.41) is 6.75. The zero-order valence-corrected chi connectivity index (χ0v) is 13.6. The summed E-state index contributed by atoms with van der Waals surface area (Å²) in [5.41, 5.74) is 0.365. The molecule has 1 N–H and O–H groups in total. The maximum atomic E-state index is 12.1. The second kappa shape index (κ2) is 7.20. The molecule has 8 nitrogen and oxygen atoms in total. The van der Waals surface area contributed by atoms with Crippen LogP contribution in [0.1, 0.15) is 25.0 Å². The van der Waals surface area contributed by atoms with Crippen LogP contribution < -0.4 is 15.8 Å². The SMILES string of the molecule is Cc1ccc(=O)n(CC(=O)Nc2cc(N3CCCCC3)ncn2)n1. The minimum atomic E-state index is -0.349. The molecule has 1 saturated heterocycles. The van der Waals surface area contributed by atoms with Crippen molar-refractivity contribution in [2.75, 3.05) is 23.3 Å². The summed E-state index contributed by atoms with van der Waals surface area (Å²) in [5.74, 6) is 0.889. The molecule has 3 heterocycles. The molecule has 2 aromatic heterocycles. The number of piperidine rings is 1. The van der Waals surface area contributed by atoms with Crippen molar-refractivity contribution in [3.63, 3.8) is 0 Å². The molecule has 3 rings (SSSR count). The molecule has 0 saturated carbocycles. The number of hydrogen-bond acceptors (Lipinski definition) is 6. The molecule has 0 atom stereocenters. The van der Waals surface area contributed by atoms with E-state index in [2.05, 4.69) is 25.3 Å². The van der Waals surface area contributed by atoms with Crippen molar-refractivity contribution in [1.29, 1.82) is 0 Å². The molecular formula is C16H20N6O2. The Balaban J connectivity index is 1.68. The minimum absolute atomic E-state index is 0.149. The Labute approximate surface area is 139 Å². The zero-order valence-electron chi connectivity index (χ0n) is 13.6. The molecule has 0 unspecified atom stereocenters. The Kier molecular flexibility index (Phi) is 4.83. The number of aryl methyl sites for hydroxylation is 1. The van der Waals surface area contributed by atoms with E-state index in [4.69, 9.17) is 0 Å². The monoisotopic (exact) mass is 328 g/mol. The molecule has 1 amide bonds. The zero-order chi connectivity index (χ0) is 16.9. The van der Waals surface area contributed by atoms with E-state index < -0.39 is 0 Å². The van der Waals surface area contributed by atoms with Gasteiger partial charge < -0.3 is 10.2 Å². The largest absolute Gasteiger partial charge is 0.356 e. The highest BCUT2D eigenvalue weighted by Gasteiger charge is 2.14. The normalized spacial score (nSPS) is 14.5. The Morgan fingerprint density at radius 2 is 2.00 bits per heavy atom. The maximum absolute atomic E-state index is 12.1. The van der Waals surface area contributed by atoms with Gasteiger partial charge in [-0.2, -0.15) is 5.10 Å². The number of rotatable bonds is 4. The number of carbonyl (C=O) groups is 1. The molecule has 2 aromatic rings. The van der Waals surface area contributed by atoms with Crippen LogP contribution in [-0.2, 0) is 11.3 Å². The third-order valence-electron chi connectivity index (χ3n) is 3.89. The van der Waals surface area contributed by atoms with E-state index in [1.165, 1.54) is 18.8 Å². The predicted molar refractivity (Wildman–Crippen MR) is 90.0 cm³/mol. The van der Waals surface area contributed by atoms with Gasteiger partial charge in [-0.1, -0.05) is 0 Å². The number of aromatic nitrogens is 4. The Hall–Kier alpha value is -2.77. The molecule has 0 spiro atoms. The topological polar surface area (TPSA) is 93.0 Å². The fourth-order valence-electron chi connectivity index (χ4n) is 2.69. The molecule has 0 bridgehead atoms. The minimum Gasteiger partial charge on any atom is -0.356 e. The van der Waals surface area contributed by atoms with Crippen LogP contribution in [0.5, 0.6) is 0 Å². The van der Waals surface area contributed by atoms with Crippen LogP contribution >= 0.6 is 0 Å². The van der Waals surface area contributed by atoms with Gasteiger partial charge in [0.05, 0.1) is 5.69 Å². The molecule has 0 aliphatic carbocycles. The van der Waals surface area contributed by atoms with Crippen LogP contribution in [0.4, 0.5) is 11.6 Å². The number of carbonyl (C=O) groups excluding carboxylic acids is 1. The number of amides is 1. The number of hydrogen-bond donors (Lipinski definition) is 1. The Morgan fingerprint density at radius 3 is 2.79 bits per heavy atom. The van der Waals surface area contributed by atoms with Gasteiger partial charge in [-0.05, 0) is 32.3 Å². The summed E-state index contributed by atoms with van der Waals surface area (Å²) in [6.45, 7) is 3.55. The molecule has 24 heavy (non-hydrogen) atoms. The third-order valence-corrected chi connectivity index (χ3v) is 3.89. The lowest BCUT2D eigenvalue weighted by molar-refractivity contribution is -0.117. The first-order chi connectivity index (χ1) is 11.6. The van der Waals surface area contributed by atoms with E-state index in [1.54, 1.807) is 19.1 Å². The maximum Gasteiger partial charge on any atom is 0.267 e. The molecule has 0 aromatic carbocycles. The van der Waals surface area contributed by atoms with E-state index in [9.17, 15) is 9.59 Å². The highest BCUT2D eigenvalue weighted by Crippen LogP contribution is 2.19. The lowest BCUT2D eigenvalue weighted by Crippen LogP contribution is -2.31. The average Bonchev–Trinajstić information content (AvgIpc) is 2.59. The van der Waals surface area contributed by atoms with Crippen molar-refractivity contribution < 1.29 is 4.79 Å². The van der Waals surface area contributed by atoms with Crippen LogP contribution in [0, 0.1) is 6.92 Å². The van der Waals surface area contributed by atoms with Gasteiger partial charge in [0, 0.05) is 25.2 Å². The quantitative estimate of drug-likeness (QED) is 0.899. The van der Waals surface area contributed by atoms with E-state index in [1.807, 2.05) is 0 Å². The lowest BCUT2D eigenvalue weighted by atomic mass is 10.1. The molecule has 8 heteroatoms. The van der Waals surface area contributed by atoms with Crippen LogP contribution in [0.3, 0.4) is 0 Å². The molecule has 0 radical (unpaired) electrons. The van der Waals surface area contributed by atoms with Crippen molar-refractivity contribution in [2.45, 2.75) is 32.7 Å². The van der Waals surface area contributed by atoms with Crippen molar-refractivity contribution in [3.8, 4) is 0 Å². The van der Waals surface area contributed by atoms with Crippen molar-refractivity contribution in [3.05, 3.63) is 40.6 Å². The summed E-state index contributed by atoms with van der Waals surface area (Å²) < 4.78 is 1.14. The lowest BCUT2D eigenvalue weighted by Gasteiger charge is -2.27. The van der Waals surface area contributed by atoms with Crippen molar-refractivity contribution in [1.82, 2.24) is 19.7 Å². The smallest absolute Gasteiger partial charge is 0.267 e. The van der Waals surface area contributed by atoms with E-state index in [-0.39, 0.29) is 18.0 Å². The van der Waals surface area contributed by atoms with Crippen molar-refractivity contribution >= 4 is 17.5 Å². The number of nitrogens with one attached hydrogen (secondary N) is 1. The summed E-state index contributed by atoms with van der Waals surface area (Å²) >= 11 is 0. The molecule has 1 fully saturated rings. The van der Waals surface area contributed by atoms with E-state index >= 15 is 0 Å². The van der Waals surface area contributed by atoms with Gasteiger partial charge in [-0.15, -0.1) is 0 Å². The van der Waals surface area contributed by atoms with Gasteiger partial charge >= 0.3 is 0 Å². The standard InChI is InChI=1S/C16H20N6O2/c1-12-5-6-16(24)22(20-12)10-15(23)19-13-9-14(18-11-17-13)21-7-3-2-4-8-21/h5-6,9,11H,2-4,7-8,10H2,1H3,(H,17,18,19,23). The van der Waals surface area contributed by atoms with Crippen LogP contribution in [0.2, 0.25) is 0 Å². The van der Waals surface area contributed by atoms with Gasteiger partial charge in [0.15, 0.2) is 0 Å². The van der Waals surface area contributed by atoms with Crippen LogP contribution in [-0.4, -0.2) is 38.7 Å². The van der Waals surface area contributed by atoms with Crippen LogP contribution in [0.15, 0.2) is 29.3 Å². The molecule has 1 aliphatic rings. The molecule has 1 aliphatic heterocycles. The molecular weight excluding hydrogens is 308 g/mol. The van der Waals surface area contributed by atoms with E-state index in [0.717, 1.165) is 36.4 Å². The second-order valence-electron chi connectivity index (χ2n) is 5.83. The third kappa shape index (κ3) is 3.95. The van der Waals surface area contributed by atoms with Crippen LogP contribution in [0.25, 0.3) is 0 Å². The fourth-order valence-corrected chi connectivity index (χ4v) is 2.69. The van der Waals surface area contributed by atoms with Crippen molar-refractivity contribution in [2.24, 2.45) is 0 Å². The first kappa shape index (κ1) is 16.1. The highest BCUT2D eigenvalue weighted by atomic mass is 16.2. The summed E-state index contributed by atoms with van der Waals surface area (Å²) in [4.78, 5) is 34.4. The first-order valence-electron chi connectivity index (χ1n) is 8.03. The highest BCUT2D eigenvalue weighted by molar-refractivity contribution is 5.89. The van der Waals surface area contributed by atoms with E-state index in [0.29, 0.717) is 11.5 Å². The number of nitrogens with zero attached hydrogens (tertiary/aromatic N) is 5. The van der Waals surface area contributed by atoms with Gasteiger partial charge in [0.2, 0.25) is 5.91 Å². The van der Waals surface area contributed by atoms with Gasteiger partial charge in [-0.3, -0.25) is 9.59 Å². The van der Waals surface area contributed by atoms with Gasteiger partial charge in [0.1, 0.15) is 24.5 Å². The second-order valence-corrected chi connectivity index (χ2v) is 5.83. The predicted octanol–water partition coefficient (Wildman–Crippen LogP) is 0.971. The average molecular weight is 328 g/mol. The fraction of sp³-hybridized carbons (Fsp3) is 0.438. The Bertz CT molecular complexity index is 782. The number of anilines is 2. The Morgan fingerprint density at radius 1 is 1.21 bits per heavy atom. The van der Waals surface area contributed by atoms with Gasteiger partial charge in [0.25, 0.3) is 5.56 Å². The van der Waals surface area contributed by atoms with Gasteiger partial charge in [-0.25, -0.2) is 14.6 Å². The summed E-state index contributed by atoms with van der Waals surface area (Å²) in [6.07, 6.45) is 4.97.